The average Bonchev–Trinajstić information content (AvgIpc) is 3.04. The van der Waals surface area contributed by atoms with E-state index in [4.69, 9.17) is 4.74 Å². The number of amides is 1. The summed E-state index contributed by atoms with van der Waals surface area (Å²) in [6.07, 6.45) is 4.17. The van der Waals surface area contributed by atoms with Crippen LogP contribution in [-0.2, 0) is 17.6 Å². The molecule has 2 aliphatic rings. The zero-order chi connectivity index (χ0) is 20.6. The number of rotatable bonds is 4. The van der Waals surface area contributed by atoms with E-state index in [-0.39, 0.29) is 22.6 Å². The fraction of sp³-hybridized carbons (Fsp3) is 0.476. The van der Waals surface area contributed by atoms with Crippen molar-refractivity contribution in [2.24, 2.45) is 5.41 Å². The van der Waals surface area contributed by atoms with E-state index in [2.05, 4.69) is 29.0 Å². The van der Waals surface area contributed by atoms with Crippen LogP contribution in [0.5, 0.6) is 0 Å². The molecule has 0 atom stereocenters. The minimum atomic E-state index is -0.992. The molecule has 1 amide bonds. The second-order valence-corrected chi connectivity index (χ2v) is 9.41. The van der Waals surface area contributed by atoms with Crippen molar-refractivity contribution in [1.29, 1.82) is 0 Å². The standard InChI is InChI=1S/C21H25N3O4S/c1-21(2)6-5-14-16(11-21)29-19(17(14)20(26)27)23-18(25)15-4-3-13(12-22-15)24-7-9-28-10-8-24/h3-4,12H,5-11H2,1-2H3,(H,23,25)(H,26,27). The van der Waals surface area contributed by atoms with Crippen LogP contribution in [0.4, 0.5) is 10.7 Å². The lowest BCUT2D eigenvalue weighted by molar-refractivity contribution is 0.0696. The Hall–Kier alpha value is -2.45. The van der Waals surface area contributed by atoms with Gasteiger partial charge in [0.1, 0.15) is 10.7 Å². The van der Waals surface area contributed by atoms with E-state index in [0.29, 0.717) is 18.2 Å². The molecule has 7 nitrogen and oxygen atoms in total. The van der Waals surface area contributed by atoms with Crippen molar-refractivity contribution in [3.05, 3.63) is 40.0 Å². The minimum absolute atomic E-state index is 0.145. The Bertz CT molecular complexity index is 930. The van der Waals surface area contributed by atoms with Gasteiger partial charge in [0.25, 0.3) is 5.91 Å². The molecule has 0 unspecified atom stereocenters. The molecular weight excluding hydrogens is 390 g/mol. The van der Waals surface area contributed by atoms with Gasteiger partial charge in [-0.15, -0.1) is 11.3 Å². The van der Waals surface area contributed by atoms with Crippen molar-refractivity contribution in [2.75, 3.05) is 36.5 Å². The number of thiophene rings is 1. The molecule has 2 aromatic rings. The zero-order valence-electron chi connectivity index (χ0n) is 16.7. The highest BCUT2D eigenvalue weighted by Crippen LogP contribution is 2.43. The summed E-state index contributed by atoms with van der Waals surface area (Å²) in [4.78, 5) is 32.1. The third kappa shape index (κ3) is 4.13. The second-order valence-electron chi connectivity index (χ2n) is 8.31. The van der Waals surface area contributed by atoms with E-state index in [9.17, 15) is 14.7 Å². The van der Waals surface area contributed by atoms with Gasteiger partial charge in [-0.05, 0) is 42.4 Å². The predicted molar refractivity (Wildman–Crippen MR) is 112 cm³/mol. The van der Waals surface area contributed by atoms with E-state index in [0.717, 1.165) is 48.5 Å². The van der Waals surface area contributed by atoms with Gasteiger partial charge in [0.15, 0.2) is 0 Å². The first-order valence-electron chi connectivity index (χ1n) is 9.82. The molecule has 0 aromatic carbocycles. The molecule has 3 heterocycles. The lowest BCUT2D eigenvalue weighted by Gasteiger charge is -2.29. The predicted octanol–water partition coefficient (Wildman–Crippen LogP) is 3.45. The number of aromatic carboxylic acids is 1. The fourth-order valence-electron chi connectivity index (χ4n) is 3.92. The van der Waals surface area contributed by atoms with Gasteiger partial charge in [-0.1, -0.05) is 13.8 Å². The first-order chi connectivity index (χ1) is 13.8. The number of carbonyl (C=O) groups is 2. The zero-order valence-corrected chi connectivity index (χ0v) is 17.5. The number of aromatic nitrogens is 1. The number of nitrogens with one attached hydrogen (secondary N) is 1. The summed E-state index contributed by atoms with van der Waals surface area (Å²) in [5.41, 5.74) is 2.47. The Morgan fingerprint density at radius 3 is 2.69 bits per heavy atom. The number of nitrogens with zero attached hydrogens (tertiary/aromatic N) is 2. The normalized spacial score (nSPS) is 18.2. The molecular formula is C21H25N3O4S. The largest absolute Gasteiger partial charge is 0.478 e. The summed E-state index contributed by atoms with van der Waals surface area (Å²) in [7, 11) is 0. The number of carboxylic acids is 1. The van der Waals surface area contributed by atoms with Gasteiger partial charge in [0.05, 0.1) is 30.7 Å². The van der Waals surface area contributed by atoms with Crippen molar-refractivity contribution in [1.82, 2.24) is 4.98 Å². The molecule has 0 radical (unpaired) electrons. The lowest BCUT2D eigenvalue weighted by atomic mass is 9.77. The van der Waals surface area contributed by atoms with E-state index in [1.807, 2.05) is 6.07 Å². The minimum Gasteiger partial charge on any atom is -0.478 e. The molecule has 0 spiro atoms. The first-order valence-corrected chi connectivity index (χ1v) is 10.6. The van der Waals surface area contributed by atoms with Crippen molar-refractivity contribution in [3.63, 3.8) is 0 Å². The van der Waals surface area contributed by atoms with Gasteiger partial charge in [0.2, 0.25) is 0 Å². The van der Waals surface area contributed by atoms with Crippen molar-refractivity contribution in [3.8, 4) is 0 Å². The molecule has 1 aliphatic heterocycles. The lowest BCUT2D eigenvalue weighted by Crippen LogP contribution is -2.36. The Morgan fingerprint density at radius 2 is 2.03 bits per heavy atom. The van der Waals surface area contributed by atoms with Crippen LogP contribution in [0, 0.1) is 5.41 Å². The number of ether oxygens (including phenoxy) is 1. The third-order valence-corrected chi connectivity index (χ3v) is 6.73. The molecule has 0 saturated carbocycles. The maximum absolute atomic E-state index is 12.7. The van der Waals surface area contributed by atoms with Crippen LogP contribution in [-0.4, -0.2) is 48.3 Å². The number of hydrogen-bond donors (Lipinski definition) is 2. The van der Waals surface area contributed by atoms with Gasteiger partial charge in [0, 0.05) is 18.0 Å². The van der Waals surface area contributed by atoms with Gasteiger partial charge >= 0.3 is 5.97 Å². The summed E-state index contributed by atoms with van der Waals surface area (Å²) in [6, 6.07) is 3.55. The number of fused-ring (bicyclic) bond motifs is 1. The van der Waals surface area contributed by atoms with Crippen LogP contribution in [0.25, 0.3) is 0 Å². The highest BCUT2D eigenvalue weighted by atomic mass is 32.1. The Balaban J connectivity index is 1.54. The Morgan fingerprint density at radius 1 is 1.28 bits per heavy atom. The highest BCUT2D eigenvalue weighted by Gasteiger charge is 2.33. The Labute approximate surface area is 173 Å². The summed E-state index contributed by atoms with van der Waals surface area (Å²) >= 11 is 1.38. The molecule has 0 bridgehead atoms. The molecule has 8 heteroatoms. The fourth-order valence-corrected chi connectivity index (χ4v) is 5.41. The molecule has 29 heavy (non-hydrogen) atoms. The third-order valence-electron chi connectivity index (χ3n) is 5.58. The molecule has 1 aliphatic carbocycles. The van der Waals surface area contributed by atoms with Crippen LogP contribution in [0.15, 0.2) is 18.3 Å². The number of pyridine rings is 1. The average molecular weight is 416 g/mol. The molecule has 2 aromatic heterocycles. The van der Waals surface area contributed by atoms with Crippen LogP contribution >= 0.6 is 11.3 Å². The number of hydrogen-bond acceptors (Lipinski definition) is 6. The van der Waals surface area contributed by atoms with Crippen LogP contribution in [0.2, 0.25) is 0 Å². The first kappa shape index (κ1) is 19.8. The topological polar surface area (TPSA) is 91.8 Å². The molecule has 1 saturated heterocycles. The maximum atomic E-state index is 12.7. The van der Waals surface area contributed by atoms with E-state index < -0.39 is 5.97 Å². The SMILES string of the molecule is CC1(C)CCc2c(sc(NC(=O)c3ccc(N4CCOCC4)cn3)c2C(=O)O)C1. The highest BCUT2D eigenvalue weighted by molar-refractivity contribution is 7.17. The number of carboxylic acid groups (broad SMARTS) is 1. The Kier molecular flexibility index (Phi) is 5.31. The van der Waals surface area contributed by atoms with E-state index >= 15 is 0 Å². The van der Waals surface area contributed by atoms with Crippen LogP contribution in [0.1, 0.15) is 51.6 Å². The van der Waals surface area contributed by atoms with Crippen molar-refractivity contribution in [2.45, 2.75) is 33.1 Å². The summed E-state index contributed by atoms with van der Waals surface area (Å²) in [6.45, 7) is 7.33. The van der Waals surface area contributed by atoms with E-state index in [1.54, 1.807) is 12.3 Å². The van der Waals surface area contributed by atoms with Gasteiger partial charge in [-0.2, -0.15) is 0 Å². The van der Waals surface area contributed by atoms with Gasteiger partial charge in [-0.3, -0.25) is 4.79 Å². The van der Waals surface area contributed by atoms with E-state index in [1.165, 1.54) is 11.3 Å². The molecule has 2 N–H and O–H groups in total. The smallest absolute Gasteiger partial charge is 0.339 e. The number of carbonyl (C=O) groups excluding carboxylic acids is 1. The van der Waals surface area contributed by atoms with Gasteiger partial charge < -0.3 is 20.1 Å². The molecule has 154 valence electrons. The summed E-state index contributed by atoms with van der Waals surface area (Å²) < 4.78 is 5.35. The number of morpholine rings is 1. The van der Waals surface area contributed by atoms with Crippen molar-refractivity contribution < 1.29 is 19.4 Å². The summed E-state index contributed by atoms with van der Waals surface area (Å²) in [5, 5.41) is 12.9. The number of anilines is 2. The second kappa shape index (κ2) is 7.76. The van der Waals surface area contributed by atoms with Crippen molar-refractivity contribution >= 4 is 33.9 Å². The van der Waals surface area contributed by atoms with Crippen LogP contribution in [0.3, 0.4) is 0 Å². The summed E-state index contributed by atoms with van der Waals surface area (Å²) in [5.74, 6) is -1.38. The van der Waals surface area contributed by atoms with Crippen LogP contribution < -0.4 is 10.2 Å². The monoisotopic (exact) mass is 415 g/mol. The maximum Gasteiger partial charge on any atom is 0.339 e. The molecule has 1 fully saturated rings. The van der Waals surface area contributed by atoms with Gasteiger partial charge in [-0.25, -0.2) is 9.78 Å². The molecule has 4 rings (SSSR count). The quantitative estimate of drug-likeness (QED) is 0.795.